The van der Waals surface area contributed by atoms with E-state index in [1.165, 1.54) is 22.2 Å². The average Bonchev–Trinajstić information content (AvgIpc) is 3.02. The Kier molecular flexibility index (Phi) is 3.61. The number of carbonyl (C=O) groups is 1. The van der Waals surface area contributed by atoms with Crippen molar-refractivity contribution in [3.63, 3.8) is 0 Å². The molecule has 0 bridgehead atoms. The molecule has 2 aromatic carbocycles. The second-order valence-corrected chi connectivity index (χ2v) is 6.63. The van der Waals surface area contributed by atoms with Crippen LogP contribution in [0.1, 0.15) is 33.2 Å². The van der Waals surface area contributed by atoms with Gasteiger partial charge in [-0.05, 0) is 24.6 Å². The van der Waals surface area contributed by atoms with E-state index >= 15 is 0 Å². The first-order valence-corrected chi connectivity index (χ1v) is 8.68. The largest absolute Gasteiger partial charge is 0.348 e. The number of alkyl halides is 1. The first kappa shape index (κ1) is 15.3. The number of carbonyl (C=O) groups excluding carboxylic acids is 1. The fourth-order valence-electron chi connectivity index (χ4n) is 3.90. The minimum absolute atomic E-state index is 0.0708. The summed E-state index contributed by atoms with van der Waals surface area (Å²) in [5.41, 5.74) is 5.45. The Morgan fingerprint density at radius 1 is 1.08 bits per heavy atom. The Hall–Kier alpha value is -2.26. The highest BCUT2D eigenvalue weighted by Gasteiger charge is 2.39. The van der Waals surface area contributed by atoms with Gasteiger partial charge in [-0.15, -0.1) is 11.6 Å². The van der Waals surface area contributed by atoms with E-state index in [4.69, 9.17) is 11.6 Å². The van der Waals surface area contributed by atoms with E-state index < -0.39 is 0 Å². The minimum atomic E-state index is -0.0708. The van der Waals surface area contributed by atoms with Gasteiger partial charge in [0, 0.05) is 47.2 Å². The second kappa shape index (κ2) is 5.67. The summed E-state index contributed by atoms with van der Waals surface area (Å²) in [5, 5.41) is 1.20. The first-order valence-electron chi connectivity index (χ1n) is 8.15. The molecule has 24 heavy (non-hydrogen) atoms. The molecular weight excluding hydrogens is 320 g/mol. The zero-order valence-electron chi connectivity index (χ0n) is 13.8. The van der Waals surface area contributed by atoms with Crippen molar-refractivity contribution < 1.29 is 4.79 Å². The zero-order chi connectivity index (χ0) is 16.8. The highest BCUT2D eigenvalue weighted by atomic mass is 35.5. The molecule has 122 valence electrons. The van der Waals surface area contributed by atoms with Crippen LogP contribution < -0.4 is 0 Å². The van der Waals surface area contributed by atoms with Crippen LogP contribution in [0.15, 0.2) is 48.5 Å². The van der Waals surface area contributed by atoms with E-state index in [-0.39, 0.29) is 11.9 Å². The van der Waals surface area contributed by atoms with Gasteiger partial charge in [0.15, 0.2) is 0 Å². The molecule has 4 heteroatoms. The van der Waals surface area contributed by atoms with Crippen molar-refractivity contribution in [1.29, 1.82) is 0 Å². The Morgan fingerprint density at radius 3 is 2.58 bits per heavy atom. The summed E-state index contributed by atoms with van der Waals surface area (Å²) in [4.78, 5) is 14.8. The van der Waals surface area contributed by atoms with Crippen LogP contribution in [0.5, 0.6) is 0 Å². The molecule has 0 fully saturated rings. The molecule has 1 aromatic heterocycles. The minimum Gasteiger partial charge on any atom is -0.348 e. The predicted molar refractivity (Wildman–Crippen MR) is 97.7 cm³/mol. The van der Waals surface area contributed by atoms with Crippen molar-refractivity contribution in [3.8, 4) is 0 Å². The maximum Gasteiger partial charge on any atom is 0.255 e. The highest BCUT2D eigenvalue weighted by molar-refractivity contribution is 6.18. The normalized spacial score (nSPS) is 16.9. The summed E-state index contributed by atoms with van der Waals surface area (Å²) in [6, 6.07) is 16.2. The number of fused-ring (bicyclic) bond motifs is 2. The SMILES string of the molecule is Cc1c(C2c3ccccc3C(=O)N2CCCl)c2ccccc2n1C. The molecule has 3 aromatic rings. The van der Waals surface area contributed by atoms with E-state index in [2.05, 4.69) is 48.9 Å². The molecule has 3 nitrogen and oxygen atoms in total. The maximum atomic E-state index is 12.9. The monoisotopic (exact) mass is 338 g/mol. The average molecular weight is 339 g/mol. The third-order valence-corrected chi connectivity index (χ3v) is 5.27. The fraction of sp³-hybridized carbons (Fsp3) is 0.250. The summed E-state index contributed by atoms with van der Waals surface area (Å²) in [6.45, 7) is 2.67. The summed E-state index contributed by atoms with van der Waals surface area (Å²) in [6.07, 6.45) is 0. The Balaban J connectivity index is 2.01. The van der Waals surface area contributed by atoms with Gasteiger partial charge in [-0.1, -0.05) is 36.4 Å². The number of aromatic nitrogens is 1. The van der Waals surface area contributed by atoms with Crippen LogP contribution in [0.4, 0.5) is 0 Å². The number of hydrogen-bond acceptors (Lipinski definition) is 1. The van der Waals surface area contributed by atoms with Crippen LogP contribution in [-0.4, -0.2) is 27.8 Å². The predicted octanol–water partition coefficient (Wildman–Crippen LogP) is 4.27. The lowest BCUT2D eigenvalue weighted by Gasteiger charge is -2.25. The molecule has 2 heterocycles. The fourth-order valence-corrected chi connectivity index (χ4v) is 4.08. The van der Waals surface area contributed by atoms with Crippen molar-refractivity contribution in [1.82, 2.24) is 9.47 Å². The van der Waals surface area contributed by atoms with Gasteiger partial charge in [-0.25, -0.2) is 0 Å². The number of para-hydroxylation sites is 1. The number of halogens is 1. The van der Waals surface area contributed by atoms with Crippen LogP contribution >= 0.6 is 11.6 Å². The maximum absolute atomic E-state index is 12.9. The summed E-state index contributed by atoms with van der Waals surface area (Å²) in [5.74, 6) is 0.503. The highest BCUT2D eigenvalue weighted by Crippen LogP contribution is 2.43. The Labute approximate surface area is 146 Å². The molecule has 0 N–H and O–H groups in total. The standard InChI is InChI=1S/C20H19ClN2O/c1-13-18(16-9-5-6-10-17(16)22(13)2)19-14-7-3-4-8-15(14)20(24)23(19)12-11-21/h3-10,19H,11-12H2,1-2H3. The van der Waals surface area contributed by atoms with Gasteiger partial charge in [0.25, 0.3) is 5.91 Å². The lowest BCUT2D eigenvalue weighted by atomic mass is 9.95. The lowest BCUT2D eigenvalue weighted by molar-refractivity contribution is 0.0761. The first-order chi connectivity index (χ1) is 11.6. The van der Waals surface area contributed by atoms with E-state index in [9.17, 15) is 4.79 Å². The summed E-state index contributed by atoms with van der Waals surface area (Å²) < 4.78 is 2.20. The number of nitrogens with zero attached hydrogens (tertiary/aromatic N) is 2. The third kappa shape index (κ3) is 2.01. The van der Waals surface area contributed by atoms with E-state index in [0.717, 1.165) is 11.1 Å². The van der Waals surface area contributed by atoms with Crippen molar-refractivity contribution in [2.24, 2.45) is 7.05 Å². The van der Waals surface area contributed by atoms with Gasteiger partial charge < -0.3 is 9.47 Å². The van der Waals surface area contributed by atoms with Crippen LogP contribution in [0, 0.1) is 6.92 Å². The molecule has 1 unspecified atom stereocenters. The molecule has 1 aliphatic heterocycles. The molecule has 0 saturated carbocycles. The zero-order valence-corrected chi connectivity index (χ0v) is 14.5. The molecule has 4 rings (SSSR count). The van der Waals surface area contributed by atoms with E-state index in [1.807, 2.05) is 23.1 Å². The third-order valence-electron chi connectivity index (χ3n) is 5.11. The molecule has 0 aliphatic carbocycles. The number of aryl methyl sites for hydroxylation is 1. The van der Waals surface area contributed by atoms with Crippen molar-refractivity contribution >= 4 is 28.4 Å². The second-order valence-electron chi connectivity index (χ2n) is 6.25. The topological polar surface area (TPSA) is 25.2 Å². The molecule has 0 radical (unpaired) electrons. The Bertz CT molecular complexity index is 944. The number of hydrogen-bond donors (Lipinski definition) is 0. The van der Waals surface area contributed by atoms with Gasteiger partial charge in [0.2, 0.25) is 0 Å². The molecule has 0 saturated heterocycles. The number of amides is 1. The van der Waals surface area contributed by atoms with Gasteiger partial charge in [-0.3, -0.25) is 4.79 Å². The van der Waals surface area contributed by atoms with Gasteiger partial charge in [-0.2, -0.15) is 0 Å². The van der Waals surface area contributed by atoms with Gasteiger partial charge >= 0.3 is 0 Å². The van der Waals surface area contributed by atoms with Crippen LogP contribution in [0.2, 0.25) is 0 Å². The number of benzene rings is 2. The molecule has 1 atom stereocenters. The Morgan fingerprint density at radius 2 is 1.79 bits per heavy atom. The van der Waals surface area contributed by atoms with Crippen LogP contribution in [0.25, 0.3) is 10.9 Å². The quantitative estimate of drug-likeness (QED) is 0.655. The van der Waals surface area contributed by atoms with Crippen LogP contribution in [-0.2, 0) is 7.05 Å². The van der Waals surface area contributed by atoms with Gasteiger partial charge in [0.1, 0.15) is 0 Å². The van der Waals surface area contributed by atoms with E-state index in [0.29, 0.717) is 12.4 Å². The lowest BCUT2D eigenvalue weighted by Crippen LogP contribution is -2.30. The summed E-state index contributed by atoms with van der Waals surface area (Å²) in [7, 11) is 2.08. The van der Waals surface area contributed by atoms with Gasteiger partial charge in [0.05, 0.1) is 6.04 Å². The number of rotatable bonds is 3. The van der Waals surface area contributed by atoms with E-state index in [1.54, 1.807) is 0 Å². The summed E-state index contributed by atoms with van der Waals surface area (Å²) >= 11 is 6.01. The molecule has 1 aliphatic rings. The molecule has 1 amide bonds. The molecule has 0 spiro atoms. The van der Waals surface area contributed by atoms with Crippen molar-refractivity contribution in [2.75, 3.05) is 12.4 Å². The van der Waals surface area contributed by atoms with Crippen LogP contribution in [0.3, 0.4) is 0 Å². The molecular formula is C20H19ClN2O. The smallest absolute Gasteiger partial charge is 0.255 e. The van der Waals surface area contributed by atoms with Crippen molar-refractivity contribution in [2.45, 2.75) is 13.0 Å². The van der Waals surface area contributed by atoms with Crippen molar-refractivity contribution in [3.05, 3.63) is 70.9 Å².